The molecule has 0 spiro atoms. The molecule has 1 saturated heterocycles. The van der Waals surface area contributed by atoms with Crippen LogP contribution in [0.1, 0.15) is 162 Å². The van der Waals surface area contributed by atoms with Crippen molar-refractivity contribution >= 4 is 12.2 Å². The van der Waals surface area contributed by atoms with Gasteiger partial charge in [-0.1, -0.05) is 0 Å². The van der Waals surface area contributed by atoms with Crippen molar-refractivity contribution in [3.05, 3.63) is 128 Å². The van der Waals surface area contributed by atoms with E-state index in [2.05, 4.69) is 182 Å². The van der Waals surface area contributed by atoms with E-state index in [9.17, 15) is 0 Å². The van der Waals surface area contributed by atoms with Gasteiger partial charge in [-0.3, -0.25) is 0 Å². The van der Waals surface area contributed by atoms with Crippen molar-refractivity contribution in [2.24, 2.45) is 0 Å². The Balaban J connectivity index is 0.00000290. The maximum Gasteiger partial charge on any atom is -1.00 e. The molecule has 0 radical (unpaired) electrons. The number of halogens is 2. The van der Waals surface area contributed by atoms with Gasteiger partial charge in [-0.05, 0) is 0 Å². The van der Waals surface area contributed by atoms with Gasteiger partial charge in [0.1, 0.15) is 0 Å². The Hall–Kier alpha value is -2.18. The molecule has 0 aromatic heterocycles. The zero-order chi connectivity index (χ0) is 38.5. The van der Waals surface area contributed by atoms with Crippen molar-refractivity contribution in [1.29, 1.82) is 0 Å². The van der Waals surface area contributed by atoms with E-state index in [1.54, 1.807) is 22.3 Å². The first-order valence-electron chi connectivity index (χ1n) is 20.7. The van der Waals surface area contributed by atoms with Crippen LogP contribution < -0.4 is 24.8 Å². The van der Waals surface area contributed by atoms with E-state index in [-0.39, 0.29) is 46.5 Å². The number of hydrogen-bond donors (Lipinski definition) is 0. The quantitative estimate of drug-likeness (QED) is 0.182. The van der Waals surface area contributed by atoms with E-state index >= 15 is 0 Å². The van der Waals surface area contributed by atoms with Gasteiger partial charge in [0, 0.05) is 0 Å². The van der Waals surface area contributed by atoms with Crippen molar-refractivity contribution in [2.75, 3.05) is 0 Å². The molecule has 4 aromatic carbocycles. The van der Waals surface area contributed by atoms with Gasteiger partial charge < -0.3 is 24.8 Å². The molecule has 0 bridgehead atoms. The van der Waals surface area contributed by atoms with Crippen molar-refractivity contribution in [3.63, 3.8) is 0 Å². The maximum atomic E-state index is 2.67. The molecule has 292 valence electrons. The third-order valence-electron chi connectivity index (χ3n) is 13.0. The monoisotopic (exact) mass is 850 g/mol. The van der Waals surface area contributed by atoms with Crippen LogP contribution >= 0.6 is 0 Å². The number of fused-ring (bicyclic) bond motifs is 2. The van der Waals surface area contributed by atoms with Crippen molar-refractivity contribution < 1.29 is 45.1 Å². The average Bonchev–Trinajstić information content (AvgIpc) is 3.61. The summed E-state index contributed by atoms with van der Waals surface area (Å²) < 4.78 is 4.30. The molecule has 0 saturated carbocycles. The zero-order valence-corrected chi connectivity index (χ0v) is 40.3. The van der Waals surface area contributed by atoms with E-state index in [1.165, 1.54) is 63.9 Å². The topological polar surface area (TPSA) is 0 Å². The van der Waals surface area contributed by atoms with Crippen molar-refractivity contribution in [2.45, 2.75) is 147 Å². The zero-order valence-electron chi connectivity index (χ0n) is 36.3. The van der Waals surface area contributed by atoms with Gasteiger partial charge in [-0.15, -0.1) is 0 Å². The smallest absolute Gasteiger partial charge is 1.00 e. The first-order chi connectivity index (χ1) is 24.7. The fourth-order valence-corrected chi connectivity index (χ4v) is 27.5. The first kappa shape index (κ1) is 43.9. The molecule has 7 rings (SSSR count). The predicted molar refractivity (Wildman–Crippen MR) is 230 cm³/mol. The van der Waals surface area contributed by atoms with Crippen LogP contribution in [0.3, 0.4) is 0 Å². The molecule has 3 heteroatoms. The van der Waals surface area contributed by atoms with E-state index < -0.39 is 20.3 Å². The summed E-state index contributed by atoms with van der Waals surface area (Å²) >= 11 is -2.84. The predicted octanol–water partition coefficient (Wildman–Crippen LogP) is 9.62. The van der Waals surface area contributed by atoms with Gasteiger partial charge in [0.05, 0.1) is 0 Å². The van der Waals surface area contributed by atoms with Crippen LogP contribution in [0.2, 0.25) is 8.26 Å². The third kappa shape index (κ3) is 8.00. The molecule has 0 amide bonds. The van der Waals surface area contributed by atoms with Crippen molar-refractivity contribution in [1.82, 2.24) is 0 Å². The summed E-state index contributed by atoms with van der Waals surface area (Å²) in [6, 6.07) is 29.6. The molecule has 55 heavy (non-hydrogen) atoms. The largest absolute Gasteiger partial charge is 1.00 e. The summed E-state index contributed by atoms with van der Waals surface area (Å²) in [4.78, 5) is 0. The minimum atomic E-state index is -2.84. The summed E-state index contributed by atoms with van der Waals surface area (Å²) in [5.74, 6) is 0. The summed E-state index contributed by atoms with van der Waals surface area (Å²) in [6.07, 6.45) is 7.63. The fraction of sp³-hybridized carbons (Fsp3) is 0.462. The average molecular weight is 853 g/mol. The van der Waals surface area contributed by atoms with Crippen molar-refractivity contribution in [3.8, 4) is 22.3 Å². The van der Waals surface area contributed by atoms with Crippen LogP contribution in [0.25, 0.3) is 34.4 Å². The van der Waals surface area contributed by atoms with Gasteiger partial charge in [-0.25, -0.2) is 0 Å². The van der Waals surface area contributed by atoms with Crippen LogP contribution in [0.15, 0.2) is 83.9 Å². The molecule has 2 unspecified atom stereocenters. The Kier molecular flexibility index (Phi) is 12.1. The molecule has 1 aliphatic heterocycles. The van der Waals surface area contributed by atoms with Crippen LogP contribution in [-0.2, 0) is 41.9 Å². The molecule has 0 N–H and O–H groups in total. The van der Waals surface area contributed by atoms with Gasteiger partial charge in [0.15, 0.2) is 0 Å². The molecular weight excluding hydrogens is 787 g/mol. The number of benzene rings is 4. The second-order valence-electron chi connectivity index (χ2n) is 21.0. The molecule has 2 aliphatic carbocycles. The van der Waals surface area contributed by atoms with E-state index in [1.807, 2.05) is 0 Å². The minimum absolute atomic E-state index is 0. The Morgan fingerprint density at radius 3 is 1.04 bits per heavy atom. The summed E-state index contributed by atoms with van der Waals surface area (Å²) in [7, 11) is 0. The van der Waals surface area contributed by atoms with Crippen LogP contribution in [0.4, 0.5) is 0 Å². The van der Waals surface area contributed by atoms with Gasteiger partial charge in [-0.2, -0.15) is 0 Å². The third-order valence-corrected chi connectivity index (χ3v) is 26.1. The maximum absolute atomic E-state index is 2.84. The van der Waals surface area contributed by atoms with E-state index in [4.69, 9.17) is 0 Å². The molecule has 1 heterocycles. The molecule has 2 atom stereocenters. The minimum Gasteiger partial charge on any atom is -1.00 e. The summed E-state index contributed by atoms with van der Waals surface area (Å²) in [5, 5.41) is 0. The van der Waals surface area contributed by atoms with E-state index in [0.717, 1.165) is 12.8 Å². The Bertz CT molecular complexity index is 1930. The molecule has 3 aliphatic rings. The summed E-state index contributed by atoms with van der Waals surface area (Å²) in [5.41, 5.74) is 21.5. The standard InChI is InChI=1S/2C25H31.C2H4.2ClH.Zr/c2*1-8-17-12-18-10-9-11-22(23(18)13-17)19-14-20(24(2,3)4)16-21(15-19)25(5,6)7;1-2;;;/h2*9-16H,8H2,1-7H3;1-2H2;2*1H;/q;;;;;+2/p-2. The Morgan fingerprint density at radius 2 is 0.782 bits per heavy atom. The summed E-state index contributed by atoms with van der Waals surface area (Å²) in [6.45, 7) is 33.2. The SMILES string of the molecule is CCC1=Cc2c(-c3cc(C(C)(C)C)cc(C(C)(C)C)c3)cccc2[CH]1[Zr+2]1([CH]2C(CC)=Cc3c(-c4cc(C(C)(C)C)cc(C(C)(C)C)c4)cccc32)[CH2][CH2]1.[Cl-].[Cl-]. The molecule has 1 fully saturated rings. The van der Waals surface area contributed by atoms with Crippen LogP contribution in [-0.4, -0.2) is 0 Å². The number of hydrogen-bond acceptors (Lipinski definition) is 0. The van der Waals surface area contributed by atoms with Gasteiger partial charge >= 0.3 is 330 Å². The van der Waals surface area contributed by atoms with E-state index in [0.29, 0.717) is 7.25 Å². The molecule has 0 nitrogen and oxygen atoms in total. The number of allylic oxidation sites excluding steroid dienone is 2. The first-order valence-corrected chi connectivity index (χ1v) is 27.0. The molecular formula is C52H66Cl2Zr. The second kappa shape index (κ2) is 15.2. The van der Waals surface area contributed by atoms with Crippen LogP contribution in [0.5, 0.6) is 0 Å². The second-order valence-corrected chi connectivity index (χ2v) is 32.3. The fourth-order valence-electron chi connectivity index (χ4n) is 9.59. The van der Waals surface area contributed by atoms with Gasteiger partial charge in [0.2, 0.25) is 0 Å². The normalized spacial score (nSPS) is 18.2. The number of rotatable bonds is 6. The van der Waals surface area contributed by atoms with Gasteiger partial charge in [0.25, 0.3) is 0 Å². The van der Waals surface area contributed by atoms with Crippen LogP contribution in [0, 0.1) is 0 Å². The Labute approximate surface area is 352 Å². The molecule has 4 aromatic rings. The Morgan fingerprint density at radius 1 is 0.473 bits per heavy atom.